The van der Waals surface area contributed by atoms with E-state index in [1.807, 2.05) is 11.8 Å². The fourth-order valence-electron chi connectivity index (χ4n) is 1.84. The number of hydrogen-bond acceptors (Lipinski definition) is 6. The van der Waals surface area contributed by atoms with Crippen molar-refractivity contribution in [1.82, 2.24) is 24.5 Å². The Bertz CT molecular complexity index is 533. The van der Waals surface area contributed by atoms with Crippen molar-refractivity contribution in [2.45, 2.75) is 25.7 Å². The van der Waals surface area contributed by atoms with E-state index in [0.717, 1.165) is 13.0 Å². The second kappa shape index (κ2) is 8.84. The van der Waals surface area contributed by atoms with Crippen LogP contribution in [0.1, 0.15) is 25.7 Å². The Morgan fingerprint density at radius 2 is 2.05 bits per heavy atom. The van der Waals surface area contributed by atoms with Gasteiger partial charge in [0.15, 0.2) is 0 Å². The lowest BCUT2D eigenvalue weighted by Gasteiger charge is -2.07. The molecule has 0 aliphatic heterocycles. The minimum atomic E-state index is 0.177. The van der Waals surface area contributed by atoms with Gasteiger partial charge >= 0.3 is 0 Å². The first-order valence-corrected chi connectivity index (χ1v) is 8.69. The first-order chi connectivity index (χ1) is 10.3. The molecule has 2 heterocycles. The Kier molecular flexibility index (Phi) is 6.75. The summed E-state index contributed by atoms with van der Waals surface area (Å²) in [5.41, 5.74) is 0. The van der Waals surface area contributed by atoms with Crippen LogP contribution in [-0.2, 0) is 0 Å². The van der Waals surface area contributed by atoms with Crippen LogP contribution in [0.25, 0.3) is 5.95 Å². The van der Waals surface area contributed by atoms with Gasteiger partial charge in [-0.3, -0.25) is 4.57 Å². The minimum Gasteiger partial charge on any atom is -0.354 e. The van der Waals surface area contributed by atoms with E-state index in [0.29, 0.717) is 11.9 Å². The highest BCUT2D eigenvalue weighted by Gasteiger charge is 2.06. The number of unbranched alkanes of at least 4 members (excludes halogenated alkanes) is 3. The van der Waals surface area contributed by atoms with Crippen molar-refractivity contribution in [3.8, 4) is 5.95 Å². The predicted octanol–water partition coefficient (Wildman–Crippen LogP) is 3.05. The first-order valence-electron chi connectivity index (χ1n) is 6.92. The normalized spacial score (nSPS) is 10.8. The molecule has 0 aliphatic rings. The van der Waals surface area contributed by atoms with Crippen LogP contribution in [-0.4, -0.2) is 43.1 Å². The minimum absolute atomic E-state index is 0.177. The third-order valence-corrected chi connectivity index (χ3v) is 3.76. The van der Waals surface area contributed by atoms with E-state index in [1.54, 1.807) is 23.3 Å². The number of aromatic nitrogens is 5. The van der Waals surface area contributed by atoms with Crippen molar-refractivity contribution >= 4 is 29.3 Å². The Morgan fingerprint density at radius 1 is 1.19 bits per heavy atom. The highest BCUT2D eigenvalue weighted by atomic mass is 35.5. The van der Waals surface area contributed by atoms with E-state index < -0.39 is 0 Å². The van der Waals surface area contributed by atoms with Crippen LogP contribution in [0.5, 0.6) is 0 Å². The van der Waals surface area contributed by atoms with E-state index in [2.05, 4.69) is 31.5 Å². The molecule has 21 heavy (non-hydrogen) atoms. The molecule has 6 nitrogen and oxygen atoms in total. The van der Waals surface area contributed by atoms with E-state index in [4.69, 9.17) is 11.6 Å². The number of nitrogens with zero attached hydrogens (tertiary/aromatic N) is 5. The van der Waals surface area contributed by atoms with Crippen molar-refractivity contribution in [3.63, 3.8) is 0 Å². The molecule has 0 atom stereocenters. The van der Waals surface area contributed by atoms with Gasteiger partial charge in [-0.15, -0.1) is 0 Å². The van der Waals surface area contributed by atoms with Crippen molar-refractivity contribution < 1.29 is 0 Å². The van der Waals surface area contributed by atoms with Gasteiger partial charge < -0.3 is 5.32 Å². The van der Waals surface area contributed by atoms with Crippen LogP contribution in [0.2, 0.25) is 5.28 Å². The van der Waals surface area contributed by atoms with Crippen LogP contribution in [0, 0.1) is 0 Å². The van der Waals surface area contributed by atoms with Crippen molar-refractivity contribution in [1.29, 1.82) is 0 Å². The number of nitrogens with one attached hydrogen (secondary N) is 1. The molecule has 0 saturated heterocycles. The van der Waals surface area contributed by atoms with E-state index >= 15 is 0 Å². The van der Waals surface area contributed by atoms with Gasteiger partial charge in [0.2, 0.25) is 17.2 Å². The van der Waals surface area contributed by atoms with Crippen molar-refractivity contribution in [2.75, 3.05) is 23.9 Å². The van der Waals surface area contributed by atoms with Gasteiger partial charge in [0.1, 0.15) is 6.33 Å². The van der Waals surface area contributed by atoms with E-state index in [1.165, 1.54) is 25.0 Å². The standard InChI is InChI=1S/C13H19ClN6S/c1-21-9-5-3-2-4-6-16-12-17-11(14)18-13(19-12)20-8-7-15-10-20/h7-8,10H,2-6,9H2,1H3,(H,16,17,18,19). The molecule has 0 spiro atoms. The highest BCUT2D eigenvalue weighted by Crippen LogP contribution is 2.10. The van der Waals surface area contributed by atoms with Crippen LogP contribution >= 0.6 is 23.4 Å². The Balaban J connectivity index is 1.81. The molecule has 0 unspecified atom stereocenters. The average Bonchev–Trinajstić information content (AvgIpc) is 3.00. The lowest BCUT2D eigenvalue weighted by molar-refractivity contribution is 0.686. The summed E-state index contributed by atoms with van der Waals surface area (Å²) in [5, 5.41) is 3.37. The summed E-state index contributed by atoms with van der Waals surface area (Å²) >= 11 is 7.83. The maximum atomic E-state index is 5.93. The van der Waals surface area contributed by atoms with E-state index in [-0.39, 0.29) is 5.28 Å². The fourth-order valence-corrected chi connectivity index (χ4v) is 2.49. The number of anilines is 1. The van der Waals surface area contributed by atoms with Crippen LogP contribution in [0.3, 0.4) is 0 Å². The second-order valence-electron chi connectivity index (χ2n) is 4.53. The summed E-state index contributed by atoms with van der Waals surface area (Å²) in [5.74, 6) is 2.21. The fraction of sp³-hybridized carbons (Fsp3) is 0.538. The topological polar surface area (TPSA) is 68.5 Å². The smallest absolute Gasteiger partial charge is 0.241 e. The molecule has 0 radical (unpaired) electrons. The quantitative estimate of drug-likeness (QED) is 0.714. The third kappa shape index (κ3) is 5.51. The number of rotatable bonds is 9. The number of halogens is 1. The van der Waals surface area contributed by atoms with Gasteiger partial charge in [0.25, 0.3) is 0 Å². The number of thioether (sulfide) groups is 1. The first kappa shape index (κ1) is 16.0. The molecule has 1 N–H and O–H groups in total. The third-order valence-electron chi connectivity index (χ3n) is 2.89. The lowest BCUT2D eigenvalue weighted by Crippen LogP contribution is -2.09. The molecule has 0 amide bonds. The molecule has 0 fully saturated rings. The molecule has 2 aromatic heterocycles. The second-order valence-corrected chi connectivity index (χ2v) is 5.86. The van der Waals surface area contributed by atoms with Crippen LogP contribution < -0.4 is 5.32 Å². The zero-order valence-corrected chi connectivity index (χ0v) is 13.6. The molecule has 114 valence electrons. The van der Waals surface area contributed by atoms with Crippen LogP contribution in [0.15, 0.2) is 18.7 Å². The van der Waals surface area contributed by atoms with Crippen molar-refractivity contribution in [2.24, 2.45) is 0 Å². The summed E-state index contributed by atoms with van der Waals surface area (Å²) in [6.07, 6.45) is 12.1. The molecule has 0 saturated carbocycles. The predicted molar refractivity (Wildman–Crippen MR) is 87.3 cm³/mol. The van der Waals surface area contributed by atoms with Crippen LogP contribution in [0.4, 0.5) is 5.95 Å². The molecular formula is C13H19ClN6S. The summed E-state index contributed by atoms with van der Waals surface area (Å²) < 4.78 is 1.70. The molecule has 2 aromatic rings. The molecular weight excluding hydrogens is 308 g/mol. The monoisotopic (exact) mass is 326 g/mol. The molecule has 0 bridgehead atoms. The van der Waals surface area contributed by atoms with E-state index in [9.17, 15) is 0 Å². The molecule has 2 rings (SSSR count). The summed E-state index contributed by atoms with van der Waals surface area (Å²) in [4.78, 5) is 16.5. The molecule has 0 aliphatic carbocycles. The maximum Gasteiger partial charge on any atom is 0.241 e. The number of imidazole rings is 1. The Labute approximate surface area is 133 Å². The Hall–Kier alpha value is -1.34. The highest BCUT2D eigenvalue weighted by molar-refractivity contribution is 7.98. The van der Waals surface area contributed by atoms with Gasteiger partial charge in [0.05, 0.1) is 0 Å². The average molecular weight is 327 g/mol. The largest absolute Gasteiger partial charge is 0.354 e. The van der Waals surface area contributed by atoms with Gasteiger partial charge in [-0.25, -0.2) is 4.98 Å². The zero-order valence-electron chi connectivity index (χ0n) is 12.0. The summed E-state index contributed by atoms with van der Waals surface area (Å²) in [6.45, 7) is 0.836. The van der Waals surface area contributed by atoms with Gasteiger partial charge in [-0.05, 0) is 36.5 Å². The Morgan fingerprint density at radius 3 is 2.81 bits per heavy atom. The SMILES string of the molecule is CSCCCCCCNc1nc(Cl)nc(-n2ccnc2)n1. The van der Waals surface area contributed by atoms with Gasteiger partial charge in [0, 0.05) is 18.9 Å². The van der Waals surface area contributed by atoms with Crippen molar-refractivity contribution in [3.05, 3.63) is 24.0 Å². The van der Waals surface area contributed by atoms with Gasteiger partial charge in [-0.2, -0.15) is 26.7 Å². The molecule has 0 aromatic carbocycles. The summed E-state index contributed by atoms with van der Waals surface area (Å²) in [6, 6.07) is 0. The maximum absolute atomic E-state index is 5.93. The summed E-state index contributed by atoms with van der Waals surface area (Å²) in [7, 11) is 0. The van der Waals surface area contributed by atoms with Gasteiger partial charge in [-0.1, -0.05) is 12.8 Å². The zero-order chi connectivity index (χ0) is 14.9. The lowest BCUT2D eigenvalue weighted by atomic mass is 10.2. The molecule has 8 heteroatoms. The number of hydrogen-bond donors (Lipinski definition) is 1.